The number of carbonyl (C=O) groups excluding carboxylic acids is 1. The first-order valence-corrected chi connectivity index (χ1v) is 8.55. The molecule has 1 saturated heterocycles. The van der Waals surface area contributed by atoms with Crippen LogP contribution in [0.4, 0.5) is 5.69 Å². The van der Waals surface area contributed by atoms with Crippen LogP contribution in [0.25, 0.3) is 0 Å². The lowest BCUT2D eigenvalue weighted by atomic mass is 10.2. The number of amides is 1. The topological polar surface area (TPSA) is 64.0 Å². The highest BCUT2D eigenvalue weighted by Crippen LogP contribution is 2.12. The molecule has 1 aromatic carbocycles. The molecular formula is C18H26N4O2+2. The Bertz CT molecular complexity index is 690. The number of benzene rings is 1. The van der Waals surface area contributed by atoms with Crippen molar-refractivity contribution in [3.63, 3.8) is 0 Å². The Hall–Kier alpha value is -2.18. The van der Waals surface area contributed by atoms with Crippen LogP contribution < -0.4 is 15.1 Å². The van der Waals surface area contributed by atoms with E-state index in [9.17, 15) is 4.79 Å². The van der Waals surface area contributed by atoms with E-state index in [4.69, 9.17) is 4.52 Å². The molecule has 0 saturated carbocycles. The zero-order valence-electron chi connectivity index (χ0n) is 14.4. The first-order chi connectivity index (χ1) is 11.6. The Morgan fingerprint density at radius 2 is 1.88 bits per heavy atom. The monoisotopic (exact) mass is 330 g/mol. The van der Waals surface area contributed by atoms with E-state index in [-0.39, 0.29) is 5.91 Å². The van der Waals surface area contributed by atoms with Crippen LogP contribution in [0.5, 0.6) is 0 Å². The smallest absolute Gasteiger partial charge is 0.279 e. The maximum absolute atomic E-state index is 12.2. The third-order valence-electron chi connectivity index (χ3n) is 4.60. The molecule has 0 radical (unpaired) electrons. The second-order valence-corrected chi connectivity index (χ2v) is 6.65. The van der Waals surface area contributed by atoms with Crippen molar-refractivity contribution in [2.24, 2.45) is 0 Å². The average molecular weight is 330 g/mol. The first-order valence-electron chi connectivity index (χ1n) is 8.55. The number of nitrogens with one attached hydrogen (secondary N) is 3. The third-order valence-corrected chi connectivity index (χ3v) is 4.60. The van der Waals surface area contributed by atoms with Gasteiger partial charge in [0, 0.05) is 11.8 Å². The summed E-state index contributed by atoms with van der Waals surface area (Å²) in [5, 5.41) is 7.09. The fraction of sp³-hybridized carbons (Fsp3) is 0.444. The summed E-state index contributed by atoms with van der Waals surface area (Å²) < 4.78 is 5.12. The fourth-order valence-electron chi connectivity index (χ4n) is 3.20. The number of quaternary nitrogens is 2. The van der Waals surface area contributed by atoms with Crippen LogP contribution in [-0.4, -0.2) is 43.8 Å². The lowest BCUT2D eigenvalue weighted by molar-refractivity contribution is -1.02. The van der Waals surface area contributed by atoms with Gasteiger partial charge in [-0.2, -0.15) is 0 Å². The van der Waals surface area contributed by atoms with Crippen molar-refractivity contribution >= 4 is 11.6 Å². The van der Waals surface area contributed by atoms with Crippen LogP contribution in [0.1, 0.15) is 17.0 Å². The molecule has 2 aromatic rings. The van der Waals surface area contributed by atoms with E-state index in [0.717, 1.165) is 55.4 Å². The first kappa shape index (κ1) is 16.7. The molecule has 2 heterocycles. The van der Waals surface area contributed by atoms with E-state index in [1.165, 1.54) is 9.80 Å². The normalized spacial score (nSPS) is 20.8. The second kappa shape index (κ2) is 7.59. The molecule has 1 aromatic heterocycles. The summed E-state index contributed by atoms with van der Waals surface area (Å²) in [6.07, 6.45) is 0. The molecule has 1 aliphatic rings. The maximum Gasteiger partial charge on any atom is 0.279 e. The number of rotatable bonds is 5. The molecule has 6 heteroatoms. The molecule has 6 nitrogen and oxygen atoms in total. The molecule has 0 atom stereocenters. The summed E-state index contributed by atoms with van der Waals surface area (Å²) >= 11 is 0. The van der Waals surface area contributed by atoms with Crippen molar-refractivity contribution < 1.29 is 19.1 Å². The predicted octanol–water partition coefficient (Wildman–Crippen LogP) is -0.786. The lowest BCUT2D eigenvalue weighted by Gasteiger charge is -2.28. The van der Waals surface area contributed by atoms with Crippen molar-refractivity contribution in [2.45, 2.75) is 20.4 Å². The van der Waals surface area contributed by atoms with Gasteiger partial charge in [0.15, 0.2) is 6.54 Å². The van der Waals surface area contributed by atoms with E-state index in [1.54, 1.807) is 0 Å². The molecule has 3 N–H and O–H groups in total. The Morgan fingerprint density at radius 3 is 2.54 bits per heavy atom. The molecule has 0 unspecified atom stereocenters. The van der Waals surface area contributed by atoms with Crippen molar-refractivity contribution in [1.82, 2.24) is 5.16 Å². The number of aromatic nitrogens is 1. The fourth-order valence-corrected chi connectivity index (χ4v) is 3.20. The second-order valence-electron chi connectivity index (χ2n) is 6.65. The Kier molecular flexibility index (Phi) is 5.27. The van der Waals surface area contributed by atoms with E-state index >= 15 is 0 Å². The standard InChI is InChI=1S/C18H24N4O2/c1-14-5-3-4-6-17(14)19-18(23)13-22-9-7-21(8-10-22)12-16-11-15(2)24-20-16/h3-6,11H,7-10,12-13H2,1-2H3,(H,19,23)/p+2. The maximum atomic E-state index is 12.2. The Balaban J connectivity index is 1.43. The van der Waals surface area contributed by atoms with Crippen molar-refractivity contribution in [2.75, 3.05) is 38.0 Å². The average Bonchev–Trinajstić information content (AvgIpc) is 2.96. The third kappa shape index (κ3) is 4.43. The highest BCUT2D eigenvalue weighted by molar-refractivity contribution is 5.92. The molecule has 128 valence electrons. The van der Waals surface area contributed by atoms with Crippen molar-refractivity contribution in [3.05, 3.63) is 47.3 Å². The SMILES string of the molecule is Cc1cc(C[NH+]2CC[NH+](CC(=O)Nc3ccccc3C)CC2)no1. The summed E-state index contributed by atoms with van der Waals surface area (Å²) in [6.45, 7) is 9.49. The zero-order chi connectivity index (χ0) is 16.9. The summed E-state index contributed by atoms with van der Waals surface area (Å²) in [4.78, 5) is 15.1. The number of hydrogen-bond donors (Lipinski definition) is 3. The van der Waals surface area contributed by atoms with Gasteiger partial charge in [-0.3, -0.25) is 4.79 Å². The van der Waals surface area contributed by atoms with Gasteiger partial charge in [-0.05, 0) is 25.5 Å². The van der Waals surface area contributed by atoms with Gasteiger partial charge in [0.05, 0.1) is 0 Å². The summed E-state index contributed by atoms with van der Waals surface area (Å²) in [6, 6.07) is 9.89. The lowest BCUT2D eigenvalue weighted by Crippen LogP contribution is -3.28. The molecule has 0 aliphatic carbocycles. The molecule has 3 rings (SSSR count). The number of para-hydroxylation sites is 1. The number of nitrogens with zero attached hydrogens (tertiary/aromatic N) is 1. The van der Waals surface area contributed by atoms with Gasteiger partial charge in [-0.15, -0.1) is 0 Å². The van der Waals surface area contributed by atoms with E-state index in [0.29, 0.717) is 6.54 Å². The summed E-state index contributed by atoms with van der Waals surface area (Å²) in [7, 11) is 0. The molecule has 0 spiro atoms. The summed E-state index contributed by atoms with van der Waals surface area (Å²) in [5.41, 5.74) is 3.02. The summed E-state index contributed by atoms with van der Waals surface area (Å²) in [5.74, 6) is 0.955. The number of aryl methyl sites for hydroxylation is 2. The van der Waals surface area contributed by atoms with E-state index in [2.05, 4.69) is 10.5 Å². The molecule has 24 heavy (non-hydrogen) atoms. The highest BCUT2D eigenvalue weighted by Gasteiger charge is 2.25. The van der Waals surface area contributed by atoms with Crippen LogP contribution in [0.15, 0.2) is 34.9 Å². The minimum absolute atomic E-state index is 0.0925. The van der Waals surface area contributed by atoms with E-state index < -0.39 is 0 Å². The van der Waals surface area contributed by atoms with Gasteiger partial charge in [0.25, 0.3) is 5.91 Å². The van der Waals surface area contributed by atoms with Crippen molar-refractivity contribution in [1.29, 1.82) is 0 Å². The molecule has 1 amide bonds. The van der Waals surface area contributed by atoms with Crippen LogP contribution >= 0.6 is 0 Å². The molecule has 1 aliphatic heterocycles. The van der Waals surface area contributed by atoms with Crippen molar-refractivity contribution in [3.8, 4) is 0 Å². The number of carbonyl (C=O) groups is 1. The van der Waals surface area contributed by atoms with Gasteiger partial charge in [0.1, 0.15) is 44.2 Å². The quantitative estimate of drug-likeness (QED) is 0.674. The number of hydrogen-bond acceptors (Lipinski definition) is 3. The Labute approximate surface area is 142 Å². The van der Waals surface area contributed by atoms with Crippen LogP contribution in [0, 0.1) is 13.8 Å². The molecule has 0 bridgehead atoms. The van der Waals surface area contributed by atoms with Gasteiger partial charge in [-0.25, -0.2) is 0 Å². The molecular weight excluding hydrogens is 304 g/mol. The van der Waals surface area contributed by atoms with Gasteiger partial charge < -0.3 is 19.6 Å². The number of anilines is 1. The largest absolute Gasteiger partial charge is 0.361 e. The molecule has 1 fully saturated rings. The van der Waals surface area contributed by atoms with Crippen LogP contribution in [0.3, 0.4) is 0 Å². The van der Waals surface area contributed by atoms with Gasteiger partial charge in [-0.1, -0.05) is 23.4 Å². The van der Waals surface area contributed by atoms with Crippen LogP contribution in [0.2, 0.25) is 0 Å². The minimum atomic E-state index is 0.0925. The van der Waals surface area contributed by atoms with Gasteiger partial charge in [0.2, 0.25) is 0 Å². The van der Waals surface area contributed by atoms with Crippen LogP contribution in [-0.2, 0) is 11.3 Å². The minimum Gasteiger partial charge on any atom is -0.361 e. The number of piperazine rings is 1. The predicted molar refractivity (Wildman–Crippen MR) is 91.0 cm³/mol. The zero-order valence-corrected chi connectivity index (χ0v) is 14.4. The van der Waals surface area contributed by atoms with Gasteiger partial charge >= 0.3 is 0 Å². The van der Waals surface area contributed by atoms with E-state index in [1.807, 2.05) is 44.2 Å². The Morgan fingerprint density at radius 1 is 1.17 bits per heavy atom. The highest BCUT2D eigenvalue weighted by atomic mass is 16.5.